The third kappa shape index (κ3) is 3.15. The SMILES string of the molecule is CSc1ccc(C(SC)SC)cc1. The quantitative estimate of drug-likeness (QED) is 0.564. The van der Waals surface area contributed by atoms with Crippen LogP contribution in [0.1, 0.15) is 10.1 Å². The maximum absolute atomic E-state index is 2.23. The van der Waals surface area contributed by atoms with Gasteiger partial charge in [-0.1, -0.05) is 12.1 Å². The Morgan fingerprint density at radius 3 is 1.85 bits per heavy atom. The van der Waals surface area contributed by atoms with Crippen LogP contribution in [-0.4, -0.2) is 18.8 Å². The van der Waals surface area contributed by atoms with Gasteiger partial charge in [-0.15, -0.1) is 35.3 Å². The van der Waals surface area contributed by atoms with Crippen molar-refractivity contribution in [2.24, 2.45) is 0 Å². The van der Waals surface area contributed by atoms with Gasteiger partial charge in [-0.25, -0.2) is 0 Å². The minimum atomic E-state index is 0.580. The van der Waals surface area contributed by atoms with Crippen molar-refractivity contribution in [2.75, 3.05) is 18.8 Å². The Balaban J connectivity index is 2.78. The van der Waals surface area contributed by atoms with E-state index < -0.39 is 0 Å². The van der Waals surface area contributed by atoms with E-state index >= 15 is 0 Å². The van der Waals surface area contributed by atoms with Crippen molar-refractivity contribution in [3.05, 3.63) is 29.8 Å². The molecule has 0 saturated heterocycles. The molecule has 0 saturated carbocycles. The first-order valence-electron chi connectivity index (χ1n) is 4.01. The highest BCUT2D eigenvalue weighted by Gasteiger charge is 2.06. The predicted molar refractivity (Wildman–Crippen MR) is 68.0 cm³/mol. The molecule has 1 rings (SSSR count). The van der Waals surface area contributed by atoms with Gasteiger partial charge in [-0.05, 0) is 36.5 Å². The summed E-state index contributed by atoms with van der Waals surface area (Å²) >= 11 is 5.58. The lowest BCUT2D eigenvalue weighted by atomic mass is 10.2. The molecule has 0 aromatic heterocycles. The molecule has 0 nitrogen and oxygen atoms in total. The van der Waals surface area contributed by atoms with E-state index in [0.29, 0.717) is 4.58 Å². The second-order valence-corrected chi connectivity index (χ2v) is 5.64. The maximum Gasteiger partial charge on any atom is 0.0745 e. The van der Waals surface area contributed by atoms with E-state index in [2.05, 4.69) is 43.0 Å². The lowest BCUT2D eigenvalue weighted by Crippen LogP contribution is -1.86. The Morgan fingerprint density at radius 2 is 1.46 bits per heavy atom. The van der Waals surface area contributed by atoms with Crippen LogP contribution in [0.4, 0.5) is 0 Å². The number of hydrogen-bond donors (Lipinski definition) is 0. The van der Waals surface area contributed by atoms with Crippen molar-refractivity contribution in [1.29, 1.82) is 0 Å². The van der Waals surface area contributed by atoms with E-state index in [4.69, 9.17) is 0 Å². The van der Waals surface area contributed by atoms with E-state index in [1.807, 2.05) is 23.5 Å². The molecule has 0 radical (unpaired) electrons. The van der Waals surface area contributed by atoms with Gasteiger partial charge in [0.05, 0.1) is 4.58 Å². The molecule has 3 heteroatoms. The fourth-order valence-electron chi connectivity index (χ4n) is 1.13. The molecule has 1 aromatic carbocycles. The molecule has 0 N–H and O–H groups in total. The first-order chi connectivity index (χ1) is 6.31. The van der Waals surface area contributed by atoms with Gasteiger partial charge in [0.1, 0.15) is 0 Å². The molecule has 0 aliphatic rings. The Labute approximate surface area is 93.3 Å². The lowest BCUT2D eigenvalue weighted by molar-refractivity contribution is 1.33. The fraction of sp³-hybridized carbons (Fsp3) is 0.400. The highest BCUT2D eigenvalue weighted by Crippen LogP contribution is 2.36. The number of rotatable bonds is 4. The minimum absolute atomic E-state index is 0.580. The van der Waals surface area contributed by atoms with Crippen molar-refractivity contribution >= 4 is 35.3 Å². The average molecular weight is 230 g/mol. The molecule has 0 aliphatic carbocycles. The van der Waals surface area contributed by atoms with Crippen LogP contribution in [0, 0.1) is 0 Å². The second-order valence-electron chi connectivity index (χ2n) is 2.58. The summed E-state index contributed by atoms with van der Waals surface area (Å²) in [5, 5.41) is 0. The number of thioether (sulfide) groups is 3. The normalized spacial score (nSPS) is 10.8. The third-order valence-corrected chi connectivity index (χ3v) is 5.12. The van der Waals surface area contributed by atoms with Crippen molar-refractivity contribution in [2.45, 2.75) is 9.48 Å². The van der Waals surface area contributed by atoms with Crippen molar-refractivity contribution < 1.29 is 0 Å². The first-order valence-corrected chi connectivity index (χ1v) is 7.81. The van der Waals surface area contributed by atoms with Crippen LogP contribution < -0.4 is 0 Å². The Hall–Kier alpha value is 0.270. The van der Waals surface area contributed by atoms with Gasteiger partial charge < -0.3 is 0 Å². The summed E-state index contributed by atoms with van der Waals surface area (Å²) in [5.74, 6) is 0. The molecule has 72 valence electrons. The largest absolute Gasteiger partial charge is 0.146 e. The Kier molecular flexibility index (Phi) is 5.14. The van der Waals surface area contributed by atoms with E-state index in [1.54, 1.807) is 11.8 Å². The fourth-order valence-corrected chi connectivity index (χ4v) is 3.17. The van der Waals surface area contributed by atoms with Crippen LogP contribution in [-0.2, 0) is 0 Å². The van der Waals surface area contributed by atoms with Crippen LogP contribution in [0.15, 0.2) is 29.2 Å². The topological polar surface area (TPSA) is 0 Å². The zero-order valence-electron chi connectivity index (χ0n) is 8.11. The van der Waals surface area contributed by atoms with E-state index in [1.165, 1.54) is 10.5 Å². The smallest absolute Gasteiger partial charge is 0.0745 e. The van der Waals surface area contributed by atoms with Gasteiger partial charge in [-0.2, -0.15) is 0 Å². The van der Waals surface area contributed by atoms with Gasteiger partial charge in [0.2, 0.25) is 0 Å². The van der Waals surface area contributed by atoms with Gasteiger partial charge in [0, 0.05) is 4.90 Å². The summed E-state index contributed by atoms with van der Waals surface area (Å²) in [7, 11) is 0. The van der Waals surface area contributed by atoms with E-state index in [-0.39, 0.29) is 0 Å². The highest BCUT2D eigenvalue weighted by molar-refractivity contribution is 8.15. The summed E-state index contributed by atoms with van der Waals surface area (Å²) in [6, 6.07) is 8.84. The molecule has 13 heavy (non-hydrogen) atoms. The standard InChI is InChI=1S/C10H14S3/c1-11-9-6-4-8(5-7-9)10(12-2)13-3/h4-7,10H,1-3H3. The summed E-state index contributed by atoms with van der Waals surface area (Å²) in [6.07, 6.45) is 6.42. The zero-order chi connectivity index (χ0) is 9.68. The molecule has 0 fully saturated rings. The van der Waals surface area contributed by atoms with Crippen LogP contribution in [0.3, 0.4) is 0 Å². The molecule has 1 aromatic rings. The maximum atomic E-state index is 2.23. The van der Waals surface area contributed by atoms with Gasteiger partial charge >= 0.3 is 0 Å². The predicted octanol–water partition coefficient (Wildman–Crippen LogP) is 4.13. The molecule has 0 aliphatic heterocycles. The average Bonchev–Trinajstić information content (AvgIpc) is 2.21. The minimum Gasteiger partial charge on any atom is -0.146 e. The Bertz CT molecular complexity index is 239. The molecule has 0 atom stereocenters. The van der Waals surface area contributed by atoms with Gasteiger partial charge in [0.25, 0.3) is 0 Å². The monoisotopic (exact) mass is 230 g/mol. The van der Waals surface area contributed by atoms with E-state index in [9.17, 15) is 0 Å². The molecular weight excluding hydrogens is 216 g/mol. The van der Waals surface area contributed by atoms with Crippen LogP contribution in [0.5, 0.6) is 0 Å². The second kappa shape index (κ2) is 5.89. The number of hydrogen-bond acceptors (Lipinski definition) is 3. The summed E-state index contributed by atoms with van der Waals surface area (Å²) in [5.41, 5.74) is 1.41. The Morgan fingerprint density at radius 1 is 0.923 bits per heavy atom. The van der Waals surface area contributed by atoms with Crippen LogP contribution in [0.25, 0.3) is 0 Å². The molecule has 0 spiro atoms. The summed E-state index contributed by atoms with van der Waals surface area (Å²) in [4.78, 5) is 1.34. The molecule has 0 bridgehead atoms. The lowest BCUT2D eigenvalue weighted by Gasteiger charge is -2.11. The van der Waals surface area contributed by atoms with Gasteiger partial charge in [-0.3, -0.25) is 0 Å². The van der Waals surface area contributed by atoms with Crippen LogP contribution in [0.2, 0.25) is 0 Å². The first kappa shape index (κ1) is 11.3. The van der Waals surface area contributed by atoms with E-state index in [0.717, 1.165) is 0 Å². The third-order valence-electron chi connectivity index (χ3n) is 1.82. The van der Waals surface area contributed by atoms with Crippen molar-refractivity contribution in [3.8, 4) is 0 Å². The number of benzene rings is 1. The summed E-state index contributed by atoms with van der Waals surface area (Å²) < 4.78 is 0.580. The van der Waals surface area contributed by atoms with Crippen LogP contribution >= 0.6 is 35.3 Å². The molecule has 0 unspecified atom stereocenters. The summed E-state index contributed by atoms with van der Waals surface area (Å²) in [6.45, 7) is 0. The van der Waals surface area contributed by atoms with Crippen molar-refractivity contribution in [1.82, 2.24) is 0 Å². The van der Waals surface area contributed by atoms with Crippen molar-refractivity contribution in [3.63, 3.8) is 0 Å². The van der Waals surface area contributed by atoms with Gasteiger partial charge in [0.15, 0.2) is 0 Å². The zero-order valence-corrected chi connectivity index (χ0v) is 10.6. The molecule has 0 heterocycles. The molecular formula is C10H14S3. The molecule has 0 amide bonds. The highest BCUT2D eigenvalue weighted by atomic mass is 32.2.